The van der Waals surface area contributed by atoms with E-state index in [0.717, 1.165) is 10.9 Å². The maximum atomic E-state index is 11.7. The second-order valence-corrected chi connectivity index (χ2v) is 4.89. The summed E-state index contributed by atoms with van der Waals surface area (Å²) in [6, 6.07) is 1.72. The van der Waals surface area contributed by atoms with Crippen molar-refractivity contribution >= 4 is 44.8 Å². The number of rotatable bonds is 2. The molecule has 6 heteroatoms. The van der Waals surface area contributed by atoms with Gasteiger partial charge in [0.25, 0.3) is 0 Å². The minimum absolute atomic E-state index is 0.319. The van der Waals surface area contributed by atoms with E-state index in [-0.39, 0.29) is 0 Å². The van der Waals surface area contributed by atoms with Gasteiger partial charge in [-0.2, -0.15) is 0 Å². The SMILES string of the molecule is CCOC(=O)c1sc2nc(Cl)cc(C)c2c1N. The third-order valence-electron chi connectivity index (χ3n) is 2.33. The number of thiophene rings is 1. The number of ether oxygens (including phenoxy) is 1. The van der Waals surface area contributed by atoms with Crippen molar-refractivity contribution in [2.45, 2.75) is 13.8 Å². The number of carbonyl (C=O) groups is 1. The molecule has 17 heavy (non-hydrogen) atoms. The molecule has 0 spiro atoms. The number of pyridine rings is 1. The molecular weight excluding hydrogens is 260 g/mol. The number of anilines is 1. The molecular formula is C11H11ClN2O2S. The Balaban J connectivity index is 2.64. The maximum absolute atomic E-state index is 11.7. The average Bonchev–Trinajstić information content (AvgIpc) is 2.56. The highest BCUT2D eigenvalue weighted by atomic mass is 35.5. The highest BCUT2D eigenvalue weighted by Crippen LogP contribution is 2.36. The molecule has 0 saturated heterocycles. The molecule has 0 aliphatic heterocycles. The van der Waals surface area contributed by atoms with E-state index in [4.69, 9.17) is 22.1 Å². The second-order valence-electron chi connectivity index (χ2n) is 3.51. The molecule has 2 aromatic rings. The van der Waals surface area contributed by atoms with E-state index < -0.39 is 5.97 Å². The third kappa shape index (κ3) is 2.08. The molecule has 0 radical (unpaired) electrons. The van der Waals surface area contributed by atoms with Crippen molar-refractivity contribution in [2.75, 3.05) is 12.3 Å². The summed E-state index contributed by atoms with van der Waals surface area (Å²) in [7, 11) is 0. The summed E-state index contributed by atoms with van der Waals surface area (Å²) in [5, 5.41) is 1.18. The number of halogens is 1. The Morgan fingerprint density at radius 3 is 3.00 bits per heavy atom. The van der Waals surface area contributed by atoms with Crippen LogP contribution in [0.5, 0.6) is 0 Å². The van der Waals surface area contributed by atoms with Crippen LogP contribution in [0.4, 0.5) is 5.69 Å². The zero-order chi connectivity index (χ0) is 12.6. The number of aromatic nitrogens is 1. The van der Waals surface area contributed by atoms with Gasteiger partial charge >= 0.3 is 5.97 Å². The number of carbonyl (C=O) groups excluding carboxylic acids is 1. The van der Waals surface area contributed by atoms with Crippen molar-refractivity contribution in [2.24, 2.45) is 0 Å². The number of hydrogen-bond donors (Lipinski definition) is 1. The summed E-state index contributed by atoms with van der Waals surface area (Å²) in [6.45, 7) is 3.95. The van der Waals surface area contributed by atoms with Crippen molar-refractivity contribution in [3.05, 3.63) is 21.7 Å². The highest BCUT2D eigenvalue weighted by Gasteiger charge is 2.19. The second kappa shape index (κ2) is 4.50. The lowest BCUT2D eigenvalue weighted by Gasteiger charge is -2.00. The molecule has 0 aromatic carbocycles. The molecule has 90 valence electrons. The molecule has 0 fully saturated rings. The normalized spacial score (nSPS) is 10.8. The molecule has 2 heterocycles. The molecule has 0 bridgehead atoms. The minimum atomic E-state index is -0.413. The van der Waals surface area contributed by atoms with Crippen LogP contribution in [0.3, 0.4) is 0 Å². The van der Waals surface area contributed by atoms with Crippen LogP contribution >= 0.6 is 22.9 Å². The van der Waals surface area contributed by atoms with Gasteiger partial charge < -0.3 is 10.5 Å². The molecule has 0 atom stereocenters. The fourth-order valence-electron chi connectivity index (χ4n) is 1.62. The van der Waals surface area contributed by atoms with E-state index in [9.17, 15) is 4.79 Å². The van der Waals surface area contributed by atoms with Crippen LogP contribution in [-0.4, -0.2) is 17.6 Å². The highest BCUT2D eigenvalue weighted by molar-refractivity contribution is 7.21. The first-order chi connectivity index (χ1) is 8.04. The first-order valence-electron chi connectivity index (χ1n) is 5.06. The monoisotopic (exact) mass is 270 g/mol. The molecule has 0 unspecified atom stereocenters. The number of hydrogen-bond acceptors (Lipinski definition) is 5. The molecule has 2 aromatic heterocycles. The van der Waals surface area contributed by atoms with E-state index in [2.05, 4.69) is 4.98 Å². The lowest BCUT2D eigenvalue weighted by Crippen LogP contribution is -2.04. The average molecular weight is 271 g/mol. The van der Waals surface area contributed by atoms with Gasteiger partial charge in [-0.05, 0) is 25.5 Å². The number of aryl methyl sites for hydroxylation is 1. The molecule has 0 aliphatic rings. The summed E-state index contributed by atoms with van der Waals surface area (Å²) < 4.78 is 4.94. The smallest absolute Gasteiger partial charge is 0.350 e. The topological polar surface area (TPSA) is 65.2 Å². The number of esters is 1. The van der Waals surface area contributed by atoms with Gasteiger partial charge in [0.15, 0.2) is 0 Å². The van der Waals surface area contributed by atoms with E-state index in [1.807, 2.05) is 6.92 Å². The van der Waals surface area contributed by atoms with Crippen LogP contribution in [0, 0.1) is 6.92 Å². The van der Waals surface area contributed by atoms with Gasteiger partial charge in [-0.25, -0.2) is 9.78 Å². The first-order valence-corrected chi connectivity index (χ1v) is 6.26. The Hall–Kier alpha value is -1.33. The Bertz CT molecular complexity index is 595. The van der Waals surface area contributed by atoms with E-state index >= 15 is 0 Å². The fraction of sp³-hybridized carbons (Fsp3) is 0.273. The number of nitrogens with zero attached hydrogens (tertiary/aromatic N) is 1. The summed E-state index contributed by atoms with van der Waals surface area (Å²) in [5.74, 6) is -0.413. The summed E-state index contributed by atoms with van der Waals surface area (Å²) in [4.78, 5) is 16.9. The van der Waals surface area contributed by atoms with Crippen LogP contribution in [-0.2, 0) is 4.74 Å². The van der Waals surface area contributed by atoms with Gasteiger partial charge in [-0.1, -0.05) is 11.6 Å². The van der Waals surface area contributed by atoms with E-state index in [1.54, 1.807) is 13.0 Å². The molecule has 0 saturated carbocycles. The zero-order valence-electron chi connectivity index (χ0n) is 9.41. The van der Waals surface area contributed by atoms with Gasteiger partial charge in [0.2, 0.25) is 0 Å². The van der Waals surface area contributed by atoms with Crippen molar-refractivity contribution in [1.29, 1.82) is 0 Å². The van der Waals surface area contributed by atoms with Crippen LogP contribution in [0.15, 0.2) is 6.07 Å². The minimum Gasteiger partial charge on any atom is -0.462 e. The van der Waals surface area contributed by atoms with Crippen molar-refractivity contribution in [3.63, 3.8) is 0 Å². The predicted octanol–water partition coefficient (Wildman–Crippen LogP) is 3.02. The fourth-order valence-corrected chi connectivity index (χ4v) is 2.98. The van der Waals surface area contributed by atoms with Gasteiger partial charge in [0, 0.05) is 5.39 Å². The van der Waals surface area contributed by atoms with E-state index in [0.29, 0.717) is 27.2 Å². The first kappa shape index (κ1) is 12.1. The van der Waals surface area contributed by atoms with Gasteiger partial charge in [0.1, 0.15) is 14.9 Å². The standard InChI is InChI=1S/C11H11ClN2O2S/c1-3-16-11(15)9-8(13)7-5(2)4-6(12)14-10(7)17-9/h4H,3,13H2,1-2H3. The Morgan fingerprint density at radius 1 is 1.65 bits per heavy atom. The maximum Gasteiger partial charge on any atom is 0.350 e. The summed E-state index contributed by atoms with van der Waals surface area (Å²) in [6.07, 6.45) is 0. The van der Waals surface area contributed by atoms with Crippen LogP contribution in [0.25, 0.3) is 10.2 Å². The molecule has 4 nitrogen and oxygen atoms in total. The molecule has 0 amide bonds. The molecule has 2 N–H and O–H groups in total. The predicted molar refractivity (Wildman–Crippen MR) is 69.7 cm³/mol. The Labute approximate surface area is 107 Å². The van der Waals surface area contributed by atoms with Crippen LogP contribution < -0.4 is 5.73 Å². The Morgan fingerprint density at radius 2 is 2.35 bits per heavy atom. The van der Waals surface area contributed by atoms with Gasteiger partial charge in [0.05, 0.1) is 12.3 Å². The summed E-state index contributed by atoms with van der Waals surface area (Å²) in [5.41, 5.74) is 7.28. The molecule has 0 aliphatic carbocycles. The number of nitrogen functional groups attached to an aromatic ring is 1. The van der Waals surface area contributed by atoms with E-state index in [1.165, 1.54) is 11.3 Å². The number of nitrogens with two attached hydrogens (primary N) is 1. The van der Waals surface area contributed by atoms with Crippen LogP contribution in [0.2, 0.25) is 5.15 Å². The van der Waals surface area contributed by atoms with Crippen molar-refractivity contribution < 1.29 is 9.53 Å². The third-order valence-corrected chi connectivity index (χ3v) is 3.60. The van der Waals surface area contributed by atoms with Crippen LogP contribution in [0.1, 0.15) is 22.2 Å². The van der Waals surface area contributed by atoms with Gasteiger partial charge in [-0.3, -0.25) is 0 Å². The van der Waals surface area contributed by atoms with Crippen molar-refractivity contribution in [1.82, 2.24) is 4.98 Å². The quantitative estimate of drug-likeness (QED) is 0.673. The lowest BCUT2D eigenvalue weighted by molar-refractivity contribution is 0.0533. The zero-order valence-corrected chi connectivity index (χ0v) is 11.0. The number of fused-ring (bicyclic) bond motifs is 1. The largest absolute Gasteiger partial charge is 0.462 e. The lowest BCUT2D eigenvalue weighted by atomic mass is 10.2. The summed E-state index contributed by atoms with van der Waals surface area (Å²) >= 11 is 7.07. The molecule has 2 rings (SSSR count). The van der Waals surface area contributed by atoms with Crippen molar-refractivity contribution in [3.8, 4) is 0 Å². The Kier molecular flexibility index (Phi) is 3.22. The van der Waals surface area contributed by atoms with Gasteiger partial charge in [-0.15, -0.1) is 11.3 Å².